The second kappa shape index (κ2) is 7.01. The topological polar surface area (TPSA) is 59.6 Å². The van der Waals surface area contributed by atoms with Crippen molar-refractivity contribution in [1.29, 1.82) is 0 Å². The number of hydrogen-bond acceptors (Lipinski definition) is 2. The van der Waals surface area contributed by atoms with E-state index in [0.717, 1.165) is 18.7 Å². The Morgan fingerprint density at radius 2 is 2.00 bits per heavy atom. The van der Waals surface area contributed by atoms with Crippen molar-refractivity contribution >= 4 is 11.6 Å². The maximum absolute atomic E-state index is 5.85. The van der Waals surface area contributed by atoms with E-state index in [-0.39, 0.29) is 5.41 Å². The molecule has 0 aromatic heterocycles. The van der Waals surface area contributed by atoms with Crippen LogP contribution >= 0.6 is 0 Å². The van der Waals surface area contributed by atoms with Gasteiger partial charge in [-0.15, -0.1) is 0 Å². The lowest BCUT2D eigenvalue weighted by atomic mass is 9.90. The number of nitrogens with two attached hydrogens (primary N) is 1. The molecule has 1 aromatic carbocycles. The van der Waals surface area contributed by atoms with E-state index >= 15 is 0 Å². The Bertz CT molecular complexity index is 374. The van der Waals surface area contributed by atoms with Crippen LogP contribution in [0.5, 0.6) is 0 Å². The van der Waals surface area contributed by atoms with Gasteiger partial charge in [0.2, 0.25) is 0 Å². The van der Waals surface area contributed by atoms with Gasteiger partial charge in [0, 0.05) is 25.9 Å². The molecule has 18 heavy (non-hydrogen) atoms. The molecule has 0 unspecified atom stereocenters. The molecular formula is C14H23N3O. The maximum atomic E-state index is 5.85. The number of nitrogens with zero attached hydrogens (tertiary/aromatic N) is 1. The summed E-state index contributed by atoms with van der Waals surface area (Å²) in [5.41, 5.74) is 6.90. The first-order valence-corrected chi connectivity index (χ1v) is 6.14. The summed E-state index contributed by atoms with van der Waals surface area (Å²) in [5, 5.41) is 3.07. The van der Waals surface area contributed by atoms with Gasteiger partial charge >= 0.3 is 0 Å². The van der Waals surface area contributed by atoms with Crippen LogP contribution in [0.1, 0.15) is 20.3 Å². The van der Waals surface area contributed by atoms with Crippen LogP contribution in [0.4, 0.5) is 5.69 Å². The number of aliphatic imine (C=N–C) groups is 1. The summed E-state index contributed by atoms with van der Waals surface area (Å²) in [6.07, 6.45) is 0.964. The van der Waals surface area contributed by atoms with Crippen molar-refractivity contribution in [2.24, 2.45) is 16.1 Å². The van der Waals surface area contributed by atoms with E-state index in [2.05, 4.69) is 24.2 Å². The highest BCUT2D eigenvalue weighted by molar-refractivity contribution is 5.92. The summed E-state index contributed by atoms with van der Waals surface area (Å²) in [6.45, 7) is 5.74. The fourth-order valence-electron chi connectivity index (χ4n) is 1.47. The molecule has 0 radical (unpaired) electrons. The predicted molar refractivity (Wildman–Crippen MR) is 76.8 cm³/mol. The standard InChI is InChI=1S/C14H23N3O/c1-14(2,9-10-18-3)11-16-13(15)17-12-7-5-4-6-8-12/h4-8H,9-11H2,1-3H3,(H3,15,16,17). The normalized spacial score (nSPS) is 12.5. The second-order valence-electron chi connectivity index (χ2n) is 5.10. The molecule has 0 atom stereocenters. The first-order chi connectivity index (χ1) is 8.53. The van der Waals surface area contributed by atoms with Gasteiger partial charge in [-0.05, 0) is 24.0 Å². The summed E-state index contributed by atoms with van der Waals surface area (Å²) in [6, 6.07) is 9.79. The molecule has 1 aromatic rings. The molecular weight excluding hydrogens is 226 g/mol. The quantitative estimate of drug-likeness (QED) is 0.601. The molecule has 0 fully saturated rings. The highest BCUT2D eigenvalue weighted by Gasteiger charge is 2.16. The van der Waals surface area contributed by atoms with Gasteiger partial charge in [-0.2, -0.15) is 0 Å². The van der Waals surface area contributed by atoms with Gasteiger partial charge in [-0.25, -0.2) is 0 Å². The zero-order valence-electron chi connectivity index (χ0n) is 11.4. The molecule has 0 aliphatic heterocycles. The van der Waals surface area contributed by atoms with Gasteiger partial charge in [0.25, 0.3) is 0 Å². The first-order valence-electron chi connectivity index (χ1n) is 6.14. The number of rotatable bonds is 6. The fourth-order valence-corrected chi connectivity index (χ4v) is 1.47. The summed E-state index contributed by atoms with van der Waals surface area (Å²) in [4.78, 5) is 4.37. The summed E-state index contributed by atoms with van der Waals surface area (Å²) in [5.74, 6) is 0.451. The van der Waals surface area contributed by atoms with Crippen LogP contribution in [0.25, 0.3) is 0 Å². The Morgan fingerprint density at radius 3 is 2.61 bits per heavy atom. The molecule has 0 aliphatic carbocycles. The number of benzene rings is 1. The maximum Gasteiger partial charge on any atom is 0.193 e. The molecule has 0 bridgehead atoms. The van der Waals surface area contributed by atoms with Crippen LogP contribution in [0.2, 0.25) is 0 Å². The monoisotopic (exact) mass is 249 g/mol. The zero-order valence-corrected chi connectivity index (χ0v) is 11.4. The Kier molecular flexibility index (Phi) is 5.65. The minimum absolute atomic E-state index is 0.0962. The third-order valence-electron chi connectivity index (χ3n) is 2.71. The number of para-hydroxylation sites is 1. The summed E-state index contributed by atoms with van der Waals surface area (Å²) >= 11 is 0. The predicted octanol–water partition coefficient (Wildman–Crippen LogP) is 2.48. The van der Waals surface area contributed by atoms with Crippen molar-refractivity contribution in [3.8, 4) is 0 Å². The van der Waals surface area contributed by atoms with Crippen LogP contribution in [0, 0.1) is 5.41 Å². The Balaban J connectivity index is 2.46. The fraction of sp³-hybridized carbons (Fsp3) is 0.500. The molecule has 1 rings (SSSR count). The smallest absolute Gasteiger partial charge is 0.193 e. The van der Waals surface area contributed by atoms with E-state index in [1.165, 1.54) is 0 Å². The minimum atomic E-state index is 0.0962. The lowest BCUT2D eigenvalue weighted by molar-refractivity contribution is 0.155. The van der Waals surface area contributed by atoms with Crippen molar-refractivity contribution in [3.05, 3.63) is 30.3 Å². The average Bonchev–Trinajstić information content (AvgIpc) is 2.36. The second-order valence-corrected chi connectivity index (χ2v) is 5.10. The van der Waals surface area contributed by atoms with Crippen molar-refractivity contribution < 1.29 is 4.74 Å². The molecule has 0 spiro atoms. The van der Waals surface area contributed by atoms with E-state index in [1.807, 2.05) is 30.3 Å². The molecule has 0 heterocycles. The van der Waals surface area contributed by atoms with E-state index in [1.54, 1.807) is 7.11 Å². The van der Waals surface area contributed by atoms with Crippen LogP contribution in [0.3, 0.4) is 0 Å². The molecule has 4 nitrogen and oxygen atoms in total. The highest BCUT2D eigenvalue weighted by atomic mass is 16.5. The van der Waals surface area contributed by atoms with Gasteiger partial charge in [0.15, 0.2) is 5.96 Å². The van der Waals surface area contributed by atoms with Gasteiger partial charge in [-0.1, -0.05) is 32.0 Å². The summed E-state index contributed by atoms with van der Waals surface area (Å²) < 4.78 is 5.08. The number of methoxy groups -OCH3 is 1. The van der Waals surface area contributed by atoms with Gasteiger partial charge < -0.3 is 15.8 Å². The van der Waals surface area contributed by atoms with Crippen molar-refractivity contribution in [2.75, 3.05) is 25.6 Å². The number of guanidine groups is 1. The third-order valence-corrected chi connectivity index (χ3v) is 2.71. The van der Waals surface area contributed by atoms with Crippen molar-refractivity contribution in [2.45, 2.75) is 20.3 Å². The van der Waals surface area contributed by atoms with E-state index in [9.17, 15) is 0 Å². The van der Waals surface area contributed by atoms with E-state index in [4.69, 9.17) is 10.5 Å². The Morgan fingerprint density at radius 1 is 1.33 bits per heavy atom. The van der Waals surface area contributed by atoms with Gasteiger partial charge in [0.1, 0.15) is 0 Å². The summed E-state index contributed by atoms with van der Waals surface area (Å²) in [7, 11) is 1.71. The van der Waals surface area contributed by atoms with Gasteiger partial charge in [0.05, 0.1) is 0 Å². The van der Waals surface area contributed by atoms with Crippen molar-refractivity contribution in [3.63, 3.8) is 0 Å². The Hall–Kier alpha value is -1.55. The highest BCUT2D eigenvalue weighted by Crippen LogP contribution is 2.20. The molecule has 4 heteroatoms. The molecule has 0 saturated heterocycles. The lowest BCUT2D eigenvalue weighted by Crippen LogP contribution is -2.26. The Labute approximate surface area is 109 Å². The van der Waals surface area contributed by atoms with Crippen molar-refractivity contribution in [1.82, 2.24) is 0 Å². The zero-order chi connectivity index (χ0) is 13.4. The minimum Gasteiger partial charge on any atom is -0.385 e. The number of hydrogen-bond donors (Lipinski definition) is 2. The molecule has 3 N–H and O–H groups in total. The molecule has 0 aliphatic rings. The van der Waals surface area contributed by atoms with Crippen LogP contribution in [-0.4, -0.2) is 26.2 Å². The molecule has 0 amide bonds. The SMILES string of the molecule is COCCC(C)(C)CN=C(N)Nc1ccccc1. The van der Waals surface area contributed by atoms with Gasteiger partial charge in [-0.3, -0.25) is 4.99 Å². The van der Waals surface area contributed by atoms with Crippen LogP contribution in [0.15, 0.2) is 35.3 Å². The lowest BCUT2D eigenvalue weighted by Gasteiger charge is -2.21. The van der Waals surface area contributed by atoms with E-state index in [0.29, 0.717) is 12.5 Å². The average molecular weight is 249 g/mol. The third kappa shape index (κ3) is 5.68. The number of nitrogens with one attached hydrogen (secondary N) is 1. The van der Waals surface area contributed by atoms with Crippen LogP contribution in [-0.2, 0) is 4.74 Å². The number of ether oxygens (including phenoxy) is 1. The van der Waals surface area contributed by atoms with E-state index < -0.39 is 0 Å². The molecule has 0 saturated carbocycles. The first kappa shape index (κ1) is 14.5. The molecule has 100 valence electrons. The largest absolute Gasteiger partial charge is 0.385 e. The van der Waals surface area contributed by atoms with Crippen LogP contribution < -0.4 is 11.1 Å². The number of anilines is 1.